The van der Waals surface area contributed by atoms with Crippen LogP contribution < -0.4 is 5.32 Å². The van der Waals surface area contributed by atoms with Gasteiger partial charge in [-0.05, 0) is 27.2 Å². The highest BCUT2D eigenvalue weighted by atomic mass is 16.5. The molecule has 0 aromatic heterocycles. The van der Waals surface area contributed by atoms with E-state index in [-0.39, 0.29) is 17.9 Å². The summed E-state index contributed by atoms with van der Waals surface area (Å²) in [6.07, 6.45) is 0.971. The van der Waals surface area contributed by atoms with Gasteiger partial charge in [0.15, 0.2) is 0 Å². The van der Waals surface area contributed by atoms with E-state index in [9.17, 15) is 9.59 Å². The SMILES string of the molecule is CCOC(=O)[C@@]1(C)CCC(=O)N[C@H]1C. The lowest BCUT2D eigenvalue weighted by Crippen LogP contribution is -2.53. The number of hydrogen-bond acceptors (Lipinski definition) is 3. The topological polar surface area (TPSA) is 55.4 Å². The maximum Gasteiger partial charge on any atom is 0.313 e. The largest absolute Gasteiger partial charge is 0.466 e. The second kappa shape index (κ2) is 3.98. The Bertz CT molecular complexity index is 252. The molecule has 0 spiro atoms. The van der Waals surface area contributed by atoms with Crippen LogP contribution in [0.15, 0.2) is 0 Å². The highest BCUT2D eigenvalue weighted by Gasteiger charge is 2.43. The van der Waals surface area contributed by atoms with Crippen LogP contribution in [0.25, 0.3) is 0 Å². The Morgan fingerprint density at radius 1 is 1.71 bits per heavy atom. The van der Waals surface area contributed by atoms with Crippen LogP contribution in [0.4, 0.5) is 0 Å². The number of ether oxygens (including phenoxy) is 1. The molecular formula is C10H17NO3. The summed E-state index contributed by atoms with van der Waals surface area (Å²) in [5.74, 6) is -0.202. The van der Waals surface area contributed by atoms with Crippen LogP contribution in [-0.4, -0.2) is 24.5 Å². The number of nitrogens with one attached hydrogen (secondary N) is 1. The van der Waals surface area contributed by atoms with Crippen molar-refractivity contribution in [1.29, 1.82) is 0 Å². The minimum atomic E-state index is -0.566. The summed E-state index contributed by atoms with van der Waals surface area (Å²) in [4.78, 5) is 22.7. The molecule has 0 aromatic rings. The van der Waals surface area contributed by atoms with E-state index in [0.29, 0.717) is 19.4 Å². The summed E-state index contributed by atoms with van der Waals surface area (Å²) in [5, 5.41) is 2.77. The fourth-order valence-electron chi connectivity index (χ4n) is 1.64. The molecule has 0 unspecified atom stereocenters. The van der Waals surface area contributed by atoms with Crippen molar-refractivity contribution in [2.24, 2.45) is 5.41 Å². The lowest BCUT2D eigenvalue weighted by Gasteiger charge is -2.37. The van der Waals surface area contributed by atoms with Gasteiger partial charge in [-0.1, -0.05) is 0 Å². The fourth-order valence-corrected chi connectivity index (χ4v) is 1.64. The van der Waals surface area contributed by atoms with E-state index in [0.717, 1.165) is 0 Å². The van der Waals surface area contributed by atoms with Crippen molar-refractivity contribution in [3.63, 3.8) is 0 Å². The molecule has 1 N–H and O–H groups in total. The molecule has 0 saturated carbocycles. The van der Waals surface area contributed by atoms with Gasteiger partial charge in [0.25, 0.3) is 0 Å². The molecule has 2 atom stereocenters. The van der Waals surface area contributed by atoms with E-state index >= 15 is 0 Å². The summed E-state index contributed by atoms with van der Waals surface area (Å²) in [6.45, 7) is 5.85. The summed E-state index contributed by atoms with van der Waals surface area (Å²) in [6, 6.07) is -0.150. The van der Waals surface area contributed by atoms with Crippen LogP contribution in [0.5, 0.6) is 0 Å². The Labute approximate surface area is 84.0 Å². The Hall–Kier alpha value is -1.06. The van der Waals surface area contributed by atoms with Crippen LogP contribution in [0.1, 0.15) is 33.6 Å². The van der Waals surface area contributed by atoms with E-state index in [1.54, 1.807) is 6.92 Å². The maximum atomic E-state index is 11.7. The van der Waals surface area contributed by atoms with E-state index < -0.39 is 5.41 Å². The summed E-state index contributed by atoms with van der Waals surface area (Å²) < 4.78 is 5.00. The molecule has 1 amide bonds. The van der Waals surface area contributed by atoms with Gasteiger partial charge in [0.05, 0.1) is 12.0 Å². The monoisotopic (exact) mass is 199 g/mol. The van der Waals surface area contributed by atoms with Crippen LogP contribution in [0, 0.1) is 5.41 Å². The third kappa shape index (κ3) is 1.89. The van der Waals surface area contributed by atoms with Crippen LogP contribution in [0.2, 0.25) is 0 Å². The average molecular weight is 199 g/mol. The van der Waals surface area contributed by atoms with Crippen molar-refractivity contribution in [2.75, 3.05) is 6.61 Å². The molecule has 1 heterocycles. The third-order valence-corrected chi connectivity index (χ3v) is 2.95. The van der Waals surface area contributed by atoms with Gasteiger partial charge < -0.3 is 10.1 Å². The van der Waals surface area contributed by atoms with E-state index in [1.807, 2.05) is 13.8 Å². The van der Waals surface area contributed by atoms with Crippen LogP contribution in [-0.2, 0) is 14.3 Å². The molecule has 0 bridgehead atoms. The average Bonchev–Trinajstić information content (AvgIpc) is 2.12. The van der Waals surface area contributed by atoms with Crippen molar-refractivity contribution in [3.05, 3.63) is 0 Å². The van der Waals surface area contributed by atoms with Gasteiger partial charge in [0, 0.05) is 12.5 Å². The summed E-state index contributed by atoms with van der Waals surface area (Å²) in [7, 11) is 0. The smallest absolute Gasteiger partial charge is 0.313 e. The standard InChI is InChI=1S/C10H17NO3/c1-4-14-9(13)10(3)6-5-8(12)11-7(10)2/h7H,4-6H2,1-3H3,(H,11,12)/t7-,10-/m0/s1. The van der Waals surface area contributed by atoms with Gasteiger partial charge in [-0.25, -0.2) is 0 Å². The number of carbonyl (C=O) groups excluding carboxylic acids is 2. The van der Waals surface area contributed by atoms with Gasteiger partial charge in [-0.15, -0.1) is 0 Å². The van der Waals surface area contributed by atoms with E-state index in [1.165, 1.54) is 0 Å². The van der Waals surface area contributed by atoms with Crippen molar-refractivity contribution in [3.8, 4) is 0 Å². The number of hydrogen-bond donors (Lipinski definition) is 1. The predicted octanol–water partition coefficient (Wildman–Crippen LogP) is 0.854. The van der Waals surface area contributed by atoms with Crippen molar-refractivity contribution in [1.82, 2.24) is 5.32 Å². The Balaban J connectivity index is 2.72. The molecule has 0 aromatic carbocycles. The van der Waals surface area contributed by atoms with Crippen molar-refractivity contribution < 1.29 is 14.3 Å². The van der Waals surface area contributed by atoms with Gasteiger partial charge in [0.2, 0.25) is 5.91 Å². The second-order valence-corrected chi connectivity index (χ2v) is 3.93. The molecule has 1 saturated heterocycles. The lowest BCUT2D eigenvalue weighted by atomic mass is 9.76. The third-order valence-electron chi connectivity index (χ3n) is 2.95. The molecule has 4 heteroatoms. The maximum absolute atomic E-state index is 11.7. The van der Waals surface area contributed by atoms with Crippen LogP contribution >= 0.6 is 0 Å². The number of rotatable bonds is 2. The first kappa shape index (κ1) is 11.0. The Morgan fingerprint density at radius 3 is 2.86 bits per heavy atom. The fraction of sp³-hybridized carbons (Fsp3) is 0.800. The molecule has 80 valence electrons. The predicted molar refractivity (Wildman–Crippen MR) is 51.6 cm³/mol. The lowest BCUT2D eigenvalue weighted by molar-refractivity contribution is -0.158. The molecule has 4 nitrogen and oxygen atoms in total. The normalized spacial score (nSPS) is 32.2. The molecule has 0 radical (unpaired) electrons. The molecule has 14 heavy (non-hydrogen) atoms. The Kier molecular flexibility index (Phi) is 3.13. The highest BCUT2D eigenvalue weighted by Crippen LogP contribution is 2.32. The number of esters is 1. The first-order chi connectivity index (χ1) is 6.50. The second-order valence-electron chi connectivity index (χ2n) is 3.93. The molecule has 1 fully saturated rings. The molecule has 1 aliphatic heterocycles. The zero-order chi connectivity index (χ0) is 10.8. The van der Waals surface area contributed by atoms with Gasteiger partial charge >= 0.3 is 5.97 Å². The van der Waals surface area contributed by atoms with Gasteiger partial charge in [-0.2, -0.15) is 0 Å². The van der Waals surface area contributed by atoms with Crippen molar-refractivity contribution in [2.45, 2.75) is 39.7 Å². The minimum Gasteiger partial charge on any atom is -0.466 e. The molecule has 1 rings (SSSR count). The van der Waals surface area contributed by atoms with Crippen molar-refractivity contribution >= 4 is 11.9 Å². The Morgan fingerprint density at radius 2 is 2.36 bits per heavy atom. The number of amides is 1. The first-order valence-corrected chi connectivity index (χ1v) is 4.97. The molecular weight excluding hydrogens is 182 g/mol. The summed E-state index contributed by atoms with van der Waals surface area (Å²) in [5.41, 5.74) is -0.566. The van der Waals surface area contributed by atoms with Gasteiger partial charge in [0.1, 0.15) is 0 Å². The minimum absolute atomic E-state index is 0.0132. The zero-order valence-electron chi connectivity index (χ0n) is 8.92. The van der Waals surface area contributed by atoms with Crippen LogP contribution in [0.3, 0.4) is 0 Å². The van der Waals surface area contributed by atoms with E-state index in [2.05, 4.69) is 5.32 Å². The van der Waals surface area contributed by atoms with Gasteiger partial charge in [-0.3, -0.25) is 9.59 Å². The molecule has 1 aliphatic rings. The van der Waals surface area contributed by atoms with E-state index in [4.69, 9.17) is 4.74 Å². The highest BCUT2D eigenvalue weighted by molar-refractivity contribution is 5.84. The summed E-state index contributed by atoms with van der Waals surface area (Å²) >= 11 is 0. The number of piperidine rings is 1. The number of carbonyl (C=O) groups is 2. The zero-order valence-corrected chi connectivity index (χ0v) is 8.92. The quantitative estimate of drug-likeness (QED) is 0.671. The first-order valence-electron chi connectivity index (χ1n) is 4.97. The molecule has 0 aliphatic carbocycles.